The Morgan fingerprint density at radius 3 is 2.00 bits per heavy atom. The topological polar surface area (TPSA) is 32.5 Å². The molecule has 1 unspecified atom stereocenters. The number of nitrogens with zero attached hydrogens (tertiary/aromatic N) is 2. The summed E-state index contributed by atoms with van der Waals surface area (Å²) in [5.74, 6) is 5.65. The molecule has 0 radical (unpaired) electrons. The van der Waals surface area contributed by atoms with Gasteiger partial charge < -0.3 is 0 Å². The van der Waals surface area contributed by atoms with Crippen molar-refractivity contribution >= 4 is 0 Å². The molecule has 1 aliphatic heterocycles. The lowest BCUT2D eigenvalue weighted by Crippen LogP contribution is -2.50. The van der Waals surface area contributed by atoms with Gasteiger partial charge in [-0.15, -0.1) is 0 Å². The Balaban J connectivity index is 1.93. The highest BCUT2D eigenvalue weighted by Crippen LogP contribution is 2.29. The maximum absolute atomic E-state index is 13.2. The van der Waals surface area contributed by atoms with E-state index in [-0.39, 0.29) is 11.9 Å². The molecule has 1 aliphatic rings. The molecule has 1 heterocycles. The number of rotatable bonds is 3. The highest BCUT2D eigenvalue weighted by Gasteiger charge is 2.25. The Morgan fingerprint density at radius 2 is 1.38 bits per heavy atom. The monoisotopic (exact) mass is 285 g/mol. The summed E-state index contributed by atoms with van der Waals surface area (Å²) < 4.78 is 13.2. The zero-order valence-electron chi connectivity index (χ0n) is 12.0. The molecule has 21 heavy (non-hydrogen) atoms. The lowest BCUT2D eigenvalue weighted by Gasteiger charge is -2.38. The largest absolute Gasteiger partial charge is 0.290 e. The smallest absolute Gasteiger partial charge is 0.123 e. The molecule has 0 saturated carbocycles. The highest BCUT2D eigenvalue weighted by atomic mass is 19.1. The molecule has 2 aromatic rings. The van der Waals surface area contributed by atoms with Crippen molar-refractivity contribution < 1.29 is 4.39 Å². The first kappa shape index (κ1) is 14.2. The van der Waals surface area contributed by atoms with Gasteiger partial charge in [-0.1, -0.05) is 42.5 Å². The SMILES string of the molecule is NN1CCN(C(c2ccccc2)c2ccc(F)cc2)CC1. The molecule has 110 valence electrons. The highest BCUT2D eigenvalue weighted by molar-refractivity contribution is 5.32. The normalized spacial score (nSPS) is 18.6. The first-order valence-electron chi connectivity index (χ1n) is 7.28. The second-order valence-corrected chi connectivity index (χ2v) is 5.44. The lowest BCUT2D eigenvalue weighted by atomic mass is 9.96. The van der Waals surface area contributed by atoms with Crippen molar-refractivity contribution in [2.45, 2.75) is 6.04 Å². The van der Waals surface area contributed by atoms with Crippen LogP contribution in [-0.4, -0.2) is 36.1 Å². The van der Waals surface area contributed by atoms with Crippen LogP contribution < -0.4 is 5.84 Å². The summed E-state index contributed by atoms with van der Waals surface area (Å²) in [6, 6.07) is 17.3. The van der Waals surface area contributed by atoms with Crippen LogP contribution in [0.3, 0.4) is 0 Å². The van der Waals surface area contributed by atoms with Crippen molar-refractivity contribution in [3.63, 3.8) is 0 Å². The number of nitrogens with two attached hydrogens (primary N) is 1. The van der Waals surface area contributed by atoms with Gasteiger partial charge in [-0.05, 0) is 23.3 Å². The van der Waals surface area contributed by atoms with Crippen molar-refractivity contribution in [2.75, 3.05) is 26.2 Å². The number of hydrogen-bond acceptors (Lipinski definition) is 3. The Kier molecular flexibility index (Phi) is 4.29. The molecule has 3 nitrogen and oxygen atoms in total. The fourth-order valence-electron chi connectivity index (χ4n) is 2.89. The van der Waals surface area contributed by atoms with Gasteiger partial charge in [0.15, 0.2) is 0 Å². The van der Waals surface area contributed by atoms with Crippen LogP contribution in [0.5, 0.6) is 0 Å². The maximum atomic E-state index is 13.2. The molecule has 2 aromatic carbocycles. The zero-order valence-corrected chi connectivity index (χ0v) is 12.0. The first-order valence-corrected chi connectivity index (χ1v) is 7.28. The van der Waals surface area contributed by atoms with Crippen LogP contribution in [0.4, 0.5) is 4.39 Å². The average Bonchev–Trinajstić information content (AvgIpc) is 2.52. The Hall–Kier alpha value is -1.75. The van der Waals surface area contributed by atoms with Gasteiger partial charge in [0.05, 0.1) is 6.04 Å². The van der Waals surface area contributed by atoms with Crippen molar-refractivity contribution in [2.24, 2.45) is 5.84 Å². The molecule has 1 atom stereocenters. The minimum Gasteiger partial charge on any atom is -0.290 e. The third kappa shape index (κ3) is 3.29. The molecule has 3 rings (SSSR count). The maximum Gasteiger partial charge on any atom is 0.123 e. The van der Waals surface area contributed by atoms with Crippen LogP contribution in [0.25, 0.3) is 0 Å². The number of hydrazine groups is 1. The molecule has 1 saturated heterocycles. The van der Waals surface area contributed by atoms with Crippen molar-refractivity contribution in [1.82, 2.24) is 9.91 Å². The van der Waals surface area contributed by atoms with E-state index in [9.17, 15) is 4.39 Å². The van der Waals surface area contributed by atoms with Gasteiger partial charge in [0.2, 0.25) is 0 Å². The molecule has 0 spiro atoms. The Labute approximate surface area is 124 Å². The van der Waals surface area contributed by atoms with Gasteiger partial charge in [-0.2, -0.15) is 0 Å². The number of halogens is 1. The third-order valence-corrected chi connectivity index (χ3v) is 4.02. The van der Waals surface area contributed by atoms with E-state index in [0.29, 0.717) is 0 Å². The van der Waals surface area contributed by atoms with Crippen LogP contribution in [0.15, 0.2) is 54.6 Å². The number of benzene rings is 2. The van der Waals surface area contributed by atoms with E-state index in [2.05, 4.69) is 17.0 Å². The van der Waals surface area contributed by atoms with Crippen molar-refractivity contribution in [1.29, 1.82) is 0 Å². The van der Waals surface area contributed by atoms with E-state index in [4.69, 9.17) is 5.84 Å². The second kappa shape index (κ2) is 6.35. The standard InChI is InChI=1S/C17H20FN3/c18-16-8-6-15(7-9-16)17(14-4-2-1-3-5-14)20-10-12-21(19)13-11-20/h1-9,17H,10-13,19H2. The summed E-state index contributed by atoms with van der Waals surface area (Å²) in [5, 5.41) is 1.85. The Morgan fingerprint density at radius 1 is 0.810 bits per heavy atom. The van der Waals surface area contributed by atoms with Crippen LogP contribution in [0.1, 0.15) is 17.2 Å². The predicted octanol–water partition coefficient (Wildman–Crippen LogP) is 2.41. The molecular formula is C17H20FN3. The van der Waals surface area contributed by atoms with Gasteiger partial charge in [-0.3, -0.25) is 10.7 Å². The van der Waals surface area contributed by atoms with Crippen LogP contribution in [-0.2, 0) is 0 Å². The lowest BCUT2D eigenvalue weighted by molar-refractivity contribution is 0.110. The summed E-state index contributed by atoms with van der Waals surface area (Å²) in [6.07, 6.45) is 0. The molecule has 0 aliphatic carbocycles. The molecule has 0 amide bonds. The van der Waals surface area contributed by atoms with Crippen LogP contribution in [0.2, 0.25) is 0 Å². The van der Waals surface area contributed by atoms with E-state index >= 15 is 0 Å². The van der Waals surface area contributed by atoms with Crippen molar-refractivity contribution in [3.05, 3.63) is 71.5 Å². The second-order valence-electron chi connectivity index (χ2n) is 5.44. The molecule has 0 bridgehead atoms. The summed E-state index contributed by atoms with van der Waals surface area (Å²) in [7, 11) is 0. The molecule has 1 fully saturated rings. The third-order valence-electron chi connectivity index (χ3n) is 4.02. The summed E-state index contributed by atoms with van der Waals surface area (Å²) in [6.45, 7) is 3.52. The van der Waals surface area contributed by atoms with Gasteiger partial charge >= 0.3 is 0 Å². The predicted molar refractivity (Wildman–Crippen MR) is 82.0 cm³/mol. The molecule has 0 aromatic heterocycles. The van der Waals surface area contributed by atoms with Gasteiger partial charge in [0.25, 0.3) is 0 Å². The quantitative estimate of drug-likeness (QED) is 0.879. The minimum atomic E-state index is -0.197. The van der Waals surface area contributed by atoms with E-state index < -0.39 is 0 Å². The van der Waals surface area contributed by atoms with E-state index in [1.807, 2.05) is 35.3 Å². The van der Waals surface area contributed by atoms with E-state index in [1.165, 1.54) is 17.7 Å². The fraction of sp³-hybridized carbons (Fsp3) is 0.294. The number of piperazine rings is 1. The van der Waals surface area contributed by atoms with Gasteiger partial charge in [0, 0.05) is 26.2 Å². The van der Waals surface area contributed by atoms with Crippen molar-refractivity contribution in [3.8, 4) is 0 Å². The van der Waals surface area contributed by atoms with Crippen LogP contribution >= 0.6 is 0 Å². The van der Waals surface area contributed by atoms with Crippen LogP contribution in [0, 0.1) is 5.82 Å². The molecule has 4 heteroatoms. The van der Waals surface area contributed by atoms with E-state index in [0.717, 1.165) is 31.7 Å². The fourth-order valence-corrected chi connectivity index (χ4v) is 2.89. The zero-order chi connectivity index (χ0) is 14.7. The Bertz CT molecular complexity index is 562. The van der Waals surface area contributed by atoms with Gasteiger partial charge in [0.1, 0.15) is 5.82 Å². The molecular weight excluding hydrogens is 265 g/mol. The minimum absolute atomic E-state index is 0.153. The first-order chi connectivity index (χ1) is 10.2. The van der Waals surface area contributed by atoms with Gasteiger partial charge in [-0.25, -0.2) is 9.40 Å². The average molecular weight is 285 g/mol. The molecule has 2 N–H and O–H groups in total. The van der Waals surface area contributed by atoms with E-state index in [1.54, 1.807) is 0 Å². The number of hydrogen-bond donors (Lipinski definition) is 1. The summed E-state index contributed by atoms with van der Waals surface area (Å²) >= 11 is 0. The summed E-state index contributed by atoms with van der Waals surface area (Å²) in [5.41, 5.74) is 2.35. The summed E-state index contributed by atoms with van der Waals surface area (Å²) in [4.78, 5) is 2.41.